The van der Waals surface area contributed by atoms with Gasteiger partial charge >= 0.3 is 0 Å². The first-order valence-electron chi connectivity index (χ1n) is 6.80. The molecule has 1 aromatic carbocycles. The number of hydrogen-bond acceptors (Lipinski definition) is 3. The first kappa shape index (κ1) is 14.0. The van der Waals surface area contributed by atoms with Gasteiger partial charge in [-0.3, -0.25) is 4.79 Å². The molecule has 1 aliphatic rings. The average molecular weight is 262 g/mol. The van der Waals surface area contributed by atoms with Crippen molar-refractivity contribution in [1.29, 1.82) is 0 Å². The third kappa shape index (κ3) is 4.04. The molecule has 1 unspecified atom stereocenters. The van der Waals surface area contributed by atoms with Crippen molar-refractivity contribution in [2.24, 2.45) is 0 Å². The highest BCUT2D eigenvalue weighted by molar-refractivity contribution is 5.94. The number of hydrogen-bond donors (Lipinski definition) is 1. The molecule has 0 aliphatic carbocycles. The van der Waals surface area contributed by atoms with Gasteiger partial charge in [0.2, 0.25) is 0 Å². The molecule has 1 N–H and O–H groups in total. The van der Waals surface area contributed by atoms with Crippen molar-refractivity contribution < 1.29 is 9.53 Å². The molecule has 1 fully saturated rings. The van der Waals surface area contributed by atoms with Crippen LogP contribution in [0.1, 0.15) is 22.3 Å². The van der Waals surface area contributed by atoms with Crippen LogP contribution in [0.4, 0.5) is 0 Å². The molecule has 2 rings (SSSR count). The Balaban J connectivity index is 1.85. The van der Waals surface area contributed by atoms with Gasteiger partial charge in [-0.2, -0.15) is 0 Å². The van der Waals surface area contributed by atoms with Crippen LogP contribution in [0.25, 0.3) is 0 Å². The summed E-state index contributed by atoms with van der Waals surface area (Å²) >= 11 is 0. The van der Waals surface area contributed by atoms with E-state index in [1.807, 2.05) is 38.2 Å². The van der Waals surface area contributed by atoms with Gasteiger partial charge in [0.05, 0.1) is 13.2 Å². The number of nitrogens with one attached hydrogen (secondary N) is 1. The maximum atomic E-state index is 12.2. The Morgan fingerprint density at radius 3 is 3.05 bits per heavy atom. The zero-order valence-electron chi connectivity index (χ0n) is 11.7. The molecule has 1 heterocycles. The zero-order chi connectivity index (χ0) is 13.7. The van der Waals surface area contributed by atoms with Crippen LogP contribution in [0.5, 0.6) is 0 Å². The van der Waals surface area contributed by atoms with Crippen molar-refractivity contribution in [2.45, 2.75) is 19.4 Å². The van der Waals surface area contributed by atoms with Crippen molar-refractivity contribution in [3.8, 4) is 0 Å². The molecule has 0 aromatic heterocycles. The quantitative estimate of drug-likeness (QED) is 0.893. The number of amides is 1. The van der Waals surface area contributed by atoms with Crippen LogP contribution in [0.15, 0.2) is 24.3 Å². The lowest BCUT2D eigenvalue weighted by atomic mass is 10.1. The Morgan fingerprint density at radius 1 is 1.53 bits per heavy atom. The van der Waals surface area contributed by atoms with Gasteiger partial charge in [0.1, 0.15) is 0 Å². The second kappa shape index (κ2) is 6.68. The zero-order valence-corrected chi connectivity index (χ0v) is 11.7. The van der Waals surface area contributed by atoms with E-state index in [0.717, 1.165) is 43.9 Å². The molecule has 19 heavy (non-hydrogen) atoms. The van der Waals surface area contributed by atoms with Crippen LogP contribution in [0, 0.1) is 6.92 Å². The SMILES string of the molecule is Cc1cccc(C(=O)N(C)CCC2COCCN2)c1. The number of nitrogens with zero attached hydrogens (tertiary/aromatic N) is 1. The minimum atomic E-state index is 0.0837. The smallest absolute Gasteiger partial charge is 0.253 e. The van der Waals surface area contributed by atoms with E-state index in [0.29, 0.717) is 6.04 Å². The average Bonchev–Trinajstić information content (AvgIpc) is 2.45. The maximum absolute atomic E-state index is 12.2. The Bertz CT molecular complexity index is 428. The molecule has 104 valence electrons. The van der Waals surface area contributed by atoms with Crippen molar-refractivity contribution >= 4 is 5.91 Å². The van der Waals surface area contributed by atoms with Crippen LogP contribution >= 0.6 is 0 Å². The van der Waals surface area contributed by atoms with Gasteiger partial charge in [-0.25, -0.2) is 0 Å². The molecule has 0 spiro atoms. The van der Waals surface area contributed by atoms with Crippen LogP contribution in [0.2, 0.25) is 0 Å². The molecule has 1 saturated heterocycles. The first-order chi connectivity index (χ1) is 9.16. The maximum Gasteiger partial charge on any atom is 0.253 e. The van der Waals surface area contributed by atoms with E-state index in [9.17, 15) is 4.79 Å². The number of aryl methyl sites for hydroxylation is 1. The Kier molecular flexibility index (Phi) is 4.93. The molecule has 1 aliphatic heterocycles. The van der Waals surface area contributed by atoms with E-state index in [1.165, 1.54) is 0 Å². The Labute approximate surface area is 114 Å². The monoisotopic (exact) mass is 262 g/mol. The second-order valence-electron chi connectivity index (χ2n) is 5.11. The van der Waals surface area contributed by atoms with E-state index in [4.69, 9.17) is 4.74 Å². The van der Waals surface area contributed by atoms with Gasteiger partial charge in [0, 0.05) is 31.7 Å². The molecule has 1 atom stereocenters. The fourth-order valence-electron chi connectivity index (χ4n) is 2.25. The van der Waals surface area contributed by atoms with E-state index in [-0.39, 0.29) is 5.91 Å². The van der Waals surface area contributed by atoms with E-state index >= 15 is 0 Å². The summed E-state index contributed by atoms with van der Waals surface area (Å²) < 4.78 is 5.41. The van der Waals surface area contributed by atoms with Crippen LogP contribution in [0.3, 0.4) is 0 Å². The third-order valence-corrected chi connectivity index (χ3v) is 3.42. The molecule has 0 bridgehead atoms. The van der Waals surface area contributed by atoms with Crippen LogP contribution in [-0.4, -0.2) is 50.2 Å². The van der Waals surface area contributed by atoms with Gasteiger partial charge in [-0.05, 0) is 25.5 Å². The van der Waals surface area contributed by atoms with Gasteiger partial charge in [-0.15, -0.1) is 0 Å². The third-order valence-electron chi connectivity index (χ3n) is 3.42. The predicted molar refractivity (Wildman–Crippen MR) is 75.4 cm³/mol. The fraction of sp³-hybridized carbons (Fsp3) is 0.533. The predicted octanol–water partition coefficient (Wildman–Crippen LogP) is 1.45. The van der Waals surface area contributed by atoms with Crippen molar-refractivity contribution in [3.05, 3.63) is 35.4 Å². The summed E-state index contributed by atoms with van der Waals surface area (Å²) in [6, 6.07) is 8.09. The van der Waals surface area contributed by atoms with E-state index in [2.05, 4.69) is 5.32 Å². The number of carbonyl (C=O) groups excluding carboxylic acids is 1. The molecule has 4 heteroatoms. The summed E-state index contributed by atoms with van der Waals surface area (Å²) in [7, 11) is 1.86. The first-order valence-corrected chi connectivity index (χ1v) is 6.80. The highest BCUT2D eigenvalue weighted by atomic mass is 16.5. The Hall–Kier alpha value is -1.39. The molecule has 1 aromatic rings. The fourth-order valence-corrected chi connectivity index (χ4v) is 2.25. The number of rotatable bonds is 4. The normalized spacial score (nSPS) is 19.2. The molecular formula is C15H22N2O2. The lowest BCUT2D eigenvalue weighted by Gasteiger charge is -2.26. The van der Waals surface area contributed by atoms with Gasteiger partial charge in [-0.1, -0.05) is 17.7 Å². The van der Waals surface area contributed by atoms with E-state index < -0.39 is 0 Å². The Morgan fingerprint density at radius 2 is 2.37 bits per heavy atom. The number of benzene rings is 1. The molecule has 0 saturated carbocycles. The lowest BCUT2D eigenvalue weighted by molar-refractivity contribution is 0.0654. The highest BCUT2D eigenvalue weighted by Gasteiger charge is 2.16. The summed E-state index contributed by atoms with van der Waals surface area (Å²) in [5.74, 6) is 0.0837. The van der Waals surface area contributed by atoms with Crippen molar-refractivity contribution in [2.75, 3.05) is 33.4 Å². The van der Waals surface area contributed by atoms with Gasteiger partial charge in [0.15, 0.2) is 0 Å². The summed E-state index contributed by atoms with van der Waals surface area (Å²) in [6.07, 6.45) is 0.925. The minimum Gasteiger partial charge on any atom is -0.379 e. The van der Waals surface area contributed by atoms with Crippen LogP contribution < -0.4 is 5.32 Å². The summed E-state index contributed by atoms with van der Waals surface area (Å²) in [5.41, 5.74) is 1.87. The largest absolute Gasteiger partial charge is 0.379 e. The van der Waals surface area contributed by atoms with Crippen molar-refractivity contribution in [1.82, 2.24) is 10.2 Å². The molecule has 0 radical (unpaired) electrons. The molecule has 1 amide bonds. The second-order valence-corrected chi connectivity index (χ2v) is 5.11. The standard InChI is InChI=1S/C15H22N2O2/c1-12-4-3-5-13(10-12)15(18)17(2)8-6-14-11-19-9-7-16-14/h3-5,10,14,16H,6-9,11H2,1-2H3. The summed E-state index contributed by atoms with van der Waals surface area (Å²) in [6.45, 7) is 5.18. The highest BCUT2D eigenvalue weighted by Crippen LogP contribution is 2.08. The number of carbonyl (C=O) groups is 1. The van der Waals surface area contributed by atoms with Gasteiger partial charge in [0.25, 0.3) is 5.91 Å². The minimum absolute atomic E-state index is 0.0837. The number of ether oxygens (including phenoxy) is 1. The van der Waals surface area contributed by atoms with Gasteiger partial charge < -0.3 is 15.0 Å². The molecular weight excluding hydrogens is 240 g/mol. The lowest BCUT2D eigenvalue weighted by Crippen LogP contribution is -2.43. The summed E-state index contributed by atoms with van der Waals surface area (Å²) in [5, 5.41) is 3.40. The summed E-state index contributed by atoms with van der Waals surface area (Å²) in [4.78, 5) is 14.0. The van der Waals surface area contributed by atoms with E-state index in [1.54, 1.807) is 4.90 Å². The van der Waals surface area contributed by atoms with Crippen LogP contribution in [-0.2, 0) is 4.74 Å². The molecule has 4 nitrogen and oxygen atoms in total. The topological polar surface area (TPSA) is 41.6 Å². The number of morpholine rings is 1. The van der Waals surface area contributed by atoms with Crippen molar-refractivity contribution in [3.63, 3.8) is 0 Å².